The summed E-state index contributed by atoms with van der Waals surface area (Å²) in [5.74, 6) is 1.84. The van der Waals surface area contributed by atoms with E-state index >= 15 is 0 Å². The molecule has 0 bridgehead atoms. The summed E-state index contributed by atoms with van der Waals surface area (Å²) in [7, 11) is -0.589. The molecule has 0 unspecified atom stereocenters. The van der Waals surface area contributed by atoms with Crippen molar-refractivity contribution < 1.29 is 17.9 Å². The number of thiophene rings is 1. The van der Waals surface area contributed by atoms with Crippen LogP contribution in [0.3, 0.4) is 0 Å². The van der Waals surface area contributed by atoms with Crippen molar-refractivity contribution in [3.05, 3.63) is 59.5 Å². The molecule has 35 heavy (non-hydrogen) atoms. The molecule has 1 aliphatic rings. The Hall–Kier alpha value is -2.55. The monoisotopic (exact) mass is 514 g/mol. The summed E-state index contributed by atoms with van der Waals surface area (Å²) < 4.78 is 40.5. The molecule has 0 aliphatic heterocycles. The summed E-state index contributed by atoms with van der Waals surface area (Å²) >= 11 is 1.18. The summed E-state index contributed by atoms with van der Waals surface area (Å²) in [6, 6.07) is 15.2. The molecule has 0 amide bonds. The van der Waals surface area contributed by atoms with Crippen molar-refractivity contribution in [2.75, 3.05) is 18.9 Å². The topological polar surface area (TPSA) is 76.7 Å². The van der Waals surface area contributed by atoms with Gasteiger partial charge in [0.1, 0.15) is 4.21 Å². The molecule has 8 heteroatoms. The molecular weight excluding hydrogens is 480 g/mol. The van der Waals surface area contributed by atoms with E-state index in [-0.39, 0.29) is 4.21 Å². The lowest BCUT2D eigenvalue weighted by Crippen LogP contribution is -2.27. The summed E-state index contributed by atoms with van der Waals surface area (Å²) in [5.41, 5.74) is 3.07. The van der Waals surface area contributed by atoms with E-state index < -0.39 is 10.0 Å². The standard InChI is InChI=1S/C27H34N2O4S2/c1-19(17-20-9-4-5-10-20)28-18-21-11-6-7-12-22(21)26-23(14-15-24(32-2)27(26)33-3)29-35(30,31)25-13-8-16-34-25/h6-8,11-16,19-20,28-29H,4-5,9-10,17-18H2,1-3H3/t19-/m0/s1. The highest BCUT2D eigenvalue weighted by atomic mass is 32.2. The minimum atomic E-state index is -3.74. The van der Waals surface area contributed by atoms with E-state index in [0.717, 1.165) is 17.0 Å². The second-order valence-corrected chi connectivity index (χ2v) is 11.9. The van der Waals surface area contributed by atoms with Gasteiger partial charge < -0.3 is 14.8 Å². The van der Waals surface area contributed by atoms with E-state index in [0.29, 0.717) is 35.3 Å². The van der Waals surface area contributed by atoms with Crippen LogP contribution in [0.15, 0.2) is 58.1 Å². The lowest BCUT2D eigenvalue weighted by molar-refractivity contribution is 0.356. The first-order valence-electron chi connectivity index (χ1n) is 12.1. The van der Waals surface area contributed by atoms with Crippen molar-refractivity contribution in [2.24, 2.45) is 5.92 Å². The molecule has 2 aromatic carbocycles. The number of anilines is 1. The molecule has 6 nitrogen and oxygen atoms in total. The van der Waals surface area contributed by atoms with Gasteiger partial charge in [0, 0.05) is 12.6 Å². The van der Waals surface area contributed by atoms with Crippen LogP contribution in [-0.2, 0) is 16.6 Å². The van der Waals surface area contributed by atoms with Crippen LogP contribution in [0.4, 0.5) is 5.69 Å². The Morgan fingerprint density at radius 3 is 2.49 bits per heavy atom. The highest BCUT2D eigenvalue weighted by Gasteiger charge is 2.24. The molecule has 1 heterocycles. The Morgan fingerprint density at radius 2 is 1.80 bits per heavy atom. The Kier molecular flexibility index (Phi) is 8.36. The third-order valence-electron chi connectivity index (χ3n) is 6.64. The van der Waals surface area contributed by atoms with Gasteiger partial charge in [-0.3, -0.25) is 4.72 Å². The quantitative estimate of drug-likeness (QED) is 0.314. The fourth-order valence-corrected chi connectivity index (χ4v) is 6.99. The number of hydrogen-bond donors (Lipinski definition) is 2. The van der Waals surface area contributed by atoms with Gasteiger partial charge in [0.2, 0.25) is 0 Å². The van der Waals surface area contributed by atoms with Crippen molar-refractivity contribution in [1.29, 1.82) is 0 Å². The highest BCUT2D eigenvalue weighted by molar-refractivity contribution is 7.94. The predicted molar refractivity (Wildman–Crippen MR) is 143 cm³/mol. The maximum Gasteiger partial charge on any atom is 0.271 e. The molecule has 3 aromatic rings. The molecule has 1 atom stereocenters. The molecule has 1 aromatic heterocycles. The summed E-state index contributed by atoms with van der Waals surface area (Å²) in [6.07, 6.45) is 6.53. The Balaban J connectivity index is 1.69. The SMILES string of the molecule is COc1ccc(NS(=O)(=O)c2cccs2)c(-c2ccccc2CN[C@@H](C)CC2CCCC2)c1OC. The second kappa shape index (κ2) is 11.5. The van der Waals surface area contributed by atoms with Gasteiger partial charge in [-0.15, -0.1) is 11.3 Å². The van der Waals surface area contributed by atoms with Gasteiger partial charge in [-0.2, -0.15) is 0 Å². The van der Waals surface area contributed by atoms with Crippen LogP contribution in [0, 0.1) is 5.92 Å². The average molecular weight is 515 g/mol. The Morgan fingerprint density at radius 1 is 1.03 bits per heavy atom. The number of hydrogen-bond acceptors (Lipinski definition) is 6. The Labute approximate surface area is 212 Å². The highest BCUT2D eigenvalue weighted by Crippen LogP contribution is 2.45. The fourth-order valence-electron chi connectivity index (χ4n) is 4.92. The molecule has 0 spiro atoms. The summed E-state index contributed by atoms with van der Waals surface area (Å²) in [5, 5.41) is 5.43. The van der Waals surface area contributed by atoms with Crippen LogP contribution in [0.25, 0.3) is 11.1 Å². The molecule has 1 saturated carbocycles. The van der Waals surface area contributed by atoms with Gasteiger partial charge in [0.25, 0.3) is 10.0 Å². The minimum absolute atomic E-state index is 0.258. The van der Waals surface area contributed by atoms with E-state index in [1.54, 1.807) is 43.9 Å². The van der Waals surface area contributed by atoms with Crippen molar-refractivity contribution in [2.45, 2.75) is 55.8 Å². The predicted octanol–water partition coefficient (Wildman–Crippen LogP) is 6.29. The molecule has 2 N–H and O–H groups in total. The van der Waals surface area contributed by atoms with Gasteiger partial charge in [-0.05, 0) is 54.0 Å². The normalized spacial score (nSPS) is 15.2. The van der Waals surface area contributed by atoms with E-state index in [4.69, 9.17) is 9.47 Å². The van der Waals surface area contributed by atoms with Crippen molar-refractivity contribution in [1.82, 2.24) is 5.32 Å². The largest absolute Gasteiger partial charge is 0.493 e. The first-order valence-corrected chi connectivity index (χ1v) is 14.4. The van der Waals surface area contributed by atoms with E-state index in [2.05, 4.69) is 23.0 Å². The van der Waals surface area contributed by atoms with Gasteiger partial charge in [0.05, 0.1) is 25.5 Å². The number of ether oxygens (including phenoxy) is 2. The molecule has 0 saturated heterocycles. The lowest BCUT2D eigenvalue weighted by Gasteiger charge is -2.22. The molecule has 0 radical (unpaired) electrons. The van der Waals surface area contributed by atoms with Gasteiger partial charge in [0.15, 0.2) is 11.5 Å². The average Bonchev–Trinajstić information content (AvgIpc) is 3.57. The van der Waals surface area contributed by atoms with Crippen LogP contribution in [0.5, 0.6) is 11.5 Å². The number of methoxy groups -OCH3 is 2. The maximum atomic E-state index is 13.1. The number of rotatable bonds is 11. The smallest absolute Gasteiger partial charge is 0.271 e. The number of sulfonamides is 1. The third kappa shape index (κ3) is 6.00. The molecule has 1 aliphatic carbocycles. The zero-order valence-corrected chi connectivity index (χ0v) is 22.2. The van der Waals surface area contributed by atoms with Crippen LogP contribution in [-0.4, -0.2) is 28.7 Å². The van der Waals surface area contributed by atoms with E-state index in [9.17, 15) is 8.42 Å². The fraction of sp³-hybridized carbons (Fsp3) is 0.407. The third-order valence-corrected chi connectivity index (χ3v) is 9.40. The molecular formula is C27H34N2O4S2. The summed E-state index contributed by atoms with van der Waals surface area (Å²) in [6.45, 7) is 2.91. The van der Waals surface area contributed by atoms with Gasteiger partial charge in [-0.25, -0.2) is 8.42 Å². The lowest BCUT2D eigenvalue weighted by atomic mass is 9.96. The number of benzene rings is 2. The molecule has 4 rings (SSSR count). The zero-order chi connectivity index (χ0) is 24.8. The zero-order valence-electron chi connectivity index (χ0n) is 20.5. The second-order valence-electron chi connectivity index (χ2n) is 9.09. The molecule has 1 fully saturated rings. The van der Waals surface area contributed by atoms with Crippen LogP contribution in [0.1, 0.15) is 44.6 Å². The Bertz CT molecular complexity index is 1220. The van der Waals surface area contributed by atoms with Crippen LogP contribution < -0.4 is 19.5 Å². The van der Waals surface area contributed by atoms with Crippen molar-refractivity contribution in [3.63, 3.8) is 0 Å². The van der Waals surface area contributed by atoms with Gasteiger partial charge in [-0.1, -0.05) is 56.0 Å². The van der Waals surface area contributed by atoms with Crippen LogP contribution >= 0.6 is 11.3 Å². The molecule has 188 valence electrons. The number of nitrogens with one attached hydrogen (secondary N) is 2. The summed E-state index contributed by atoms with van der Waals surface area (Å²) in [4.78, 5) is 0. The maximum absolute atomic E-state index is 13.1. The van der Waals surface area contributed by atoms with E-state index in [1.807, 2.05) is 18.2 Å². The van der Waals surface area contributed by atoms with Gasteiger partial charge >= 0.3 is 0 Å². The first-order chi connectivity index (χ1) is 16.9. The van der Waals surface area contributed by atoms with Crippen molar-refractivity contribution in [3.8, 4) is 22.6 Å². The van der Waals surface area contributed by atoms with Crippen molar-refractivity contribution >= 4 is 27.0 Å². The first kappa shape index (κ1) is 25.5. The minimum Gasteiger partial charge on any atom is -0.493 e. The van der Waals surface area contributed by atoms with E-state index in [1.165, 1.54) is 43.4 Å². The van der Waals surface area contributed by atoms with Crippen LogP contribution in [0.2, 0.25) is 0 Å².